The van der Waals surface area contributed by atoms with E-state index >= 15 is 0 Å². The summed E-state index contributed by atoms with van der Waals surface area (Å²) < 4.78 is 13.8. The van der Waals surface area contributed by atoms with Gasteiger partial charge in [0.15, 0.2) is 0 Å². The predicted molar refractivity (Wildman–Crippen MR) is 94.8 cm³/mol. The molecule has 3 nitrogen and oxygen atoms in total. The van der Waals surface area contributed by atoms with Crippen LogP contribution in [0.4, 0.5) is 10.1 Å². The highest BCUT2D eigenvalue weighted by Gasteiger charge is 2.18. The molecule has 6 heteroatoms. The van der Waals surface area contributed by atoms with Gasteiger partial charge in [-0.15, -0.1) is 0 Å². The summed E-state index contributed by atoms with van der Waals surface area (Å²) in [6, 6.07) is 4.33. The standard InChI is InChI=1S/C16H21FN2OS2/c1-11-5-7-19(8-6-11)16(21)22-10-15(20)18-14-4-3-13(17)9-12(14)2/h3-4,9,11H,5-8,10H2,1-2H3,(H,18,20). The average Bonchev–Trinajstić information content (AvgIpc) is 2.48. The maximum absolute atomic E-state index is 13.0. The summed E-state index contributed by atoms with van der Waals surface area (Å²) >= 11 is 6.79. The molecule has 1 N–H and O–H groups in total. The van der Waals surface area contributed by atoms with Crippen LogP contribution >= 0.6 is 24.0 Å². The molecule has 120 valence electrons. The van der Waals surface area contributed by atoms with Crippen molar-refractivity contribution in [2.75, 3.05) is 24.2 Å². The lowest BCUT2D eigenvalue weighted by atomic mass is 10.00. The average molecular weight is 340 g/mol. The number of hydrogen-bond donors (Lipinski definition) is 1. The second-order valence-electron chi connectivity index (χ2n) is 5.73. The van der Waals surface area contributed by atoms with Gasteiger partial charge in [-0.25, -0.2) is 4.39 Å². The third-order valence-electron chi connectivity index (χ3n) is 3.83. The molecule has 2 rings (SSSR count). The van der Waals surface area contributed by atoms with E-state index in [9.17, 15) is 9.18 Å². The van der Waals surface area contributed by atoms with Crippen LogP contribution in [-0.2, 0) is 4.79 Å². The van der Waals surface area contributed by atoms with E-state index in [2.05, 4.69) is 17.1 Å². The minimum Gasteiger partial charge on any atom is -0.357 e. The summed E-state index contributed by atoms with van der Waals surface area (Å²) in [6.45, 7) is 5.98. The number of amides is 1. The lowest BCUT2D eigenvalue weighted by Crippen LogP contribution is -2.36. The smallest absolute Gasteiger partial charge is 0.234 e. The fraction of sp³-hybridized carbons (Fsp3) is 0.500. The summed E-state index contributed by atoms with van der Waals surface area (Å²) in [5, 5.41) is 2.80. The SMILES string of the molecule is Cc1cc(F)ccc1NC(=O)CSC(=S)N1CCC(C)CC1. The first-order valence-corrected chi connectivity index (χ1v) is 8.83. The molecule has 0 aliphatic carbocycles. The number of halogens is 1. The molecule has 1 aliphatic heterocycles. The van der Waals surface area contributed by atoms with Crippen molar-refractivity contribution in [3.63, 3.8) is 0 Å². The van der Waals surface area contributed by atoms with Gasteiger partial charge in [0.1, 0.15) is 10.1 Å². The fourth-order valence-corrected chi connectivity index (χ4v) is 3.41. The summed E-state index contributed by atoms with van der Waals surface area (Å²) in [5.41, 5.74) is 1.36. The Morgan fingerprint density at radius 2 is 2.14 bits per heavy atom. The lowest BCUT2D eigenvalue weighted by molar-refractivity contribution is -0.113. The number of aryl methyl sites for hydroxylation is 1. The minimum absolute atomic E-state index is 0.118. The van der Waals surface area contributed by atoms with Gasteiger partial charge >= 0.3 is 0 Å². The van der Waals surface area contributed by atoms with Gasteiger partial charge in [-0.3, -0.25) is 4.79 Å². The number of thioether (sulfide) groups is 1. The molecule has 22 heavy (non-hydrogen) atoms. The Morgan fingerprint density at radius 3 is 2.77 bits per heavy atom. The molecule has 1 aliphatic rings. The lowest BCUT2D eigenvalue weighted by Gasteiger charge is -2.31. The molecule has 0 spiro atoms. The number of piperidine rings is 1. The second-order valence-corrected chi connectivity index (χ2v) is 7.34. The monoisotopic (exact) mass is 340 g/mol. The molecule has 0 atom stereocenters. The van der Waals surface area contributed by atoms with Crippen molar-refractivity contribution in [3.05, 3.63) is 29.6 Å². The van der Waals surface area contributed by atoms with Crippen LogP contribution in [0, 0.1) is 18.7 Å². The number of likely N-dealkylation sites (tertiary alicyclic amines) is 1. The molecule has 1 aromatic rings. The van der Waals surface area contributed by atoms with Gasteiger partial charge in [0.05, 0.1) is 5.75 Å². The number of benzene rings is 1. The molecule has 1 aromatic carbocycles. The molecule has 0 aromatic heterocycles. The number of carbonyl (C=O) groups is 1. The van der Waals surface area contributed by atoms with Crippen molar-refractivity contribution in [1.82, 2.24) is 4.90 Å². The van der Waals surface area contributed by atoms with Gasteiger partial charge < -0.3 is 10.2 Å². The second kappa shape index (κ2) is 7.92. The van der Waals surface area contributed by atoms with Gasteiger partial charge in [0, 0.05) is 18.8 Å². The molecule has 0 unspecified atom stereocenters. The minimum atomic E-state index is -0.301. The Morgan fingerprint density at radius 1 is 1.45 bits per heavy atom. The first kappa shape index (κ1) is 17.2. The Balaban J connectivity index is 1.79. The molecule has 1 amide bonds. The number of nitrogens with one attached hydrogen (secondary N) is 1. The van der Waals surface area contributed by atoms with Crippen LogP contribution < -0.4 is 5.32 Å². The van der Waals surface area contributed by atoms with E-state index in [4.69, 9.17) is 12.2 Å². The Labute approximate surface area is 140 Å². The number of rotatable bonds is 3. The normalized spacial score (nSPS) is 15.7. The summed E-state index contributed by atoms with van der Waals surface area (Å²) in [4.78, 5) is 14.2. The Hall–Kier alpha value is -1.14. The van der Waals surface area contributed by atoms with Crippen molar-refractivity contribution in [2.24, 2.45) is 5.92 Å². The zero-order valence-corrected chi connectivity index (χ0v) is 14.5. The number of anilines is 1. The largest absolute Gasteiger partial charge is 0.357 e. The highest BCUT2D eigenvalue weighted by Crippen LogP contribution is 2.21. The molecule has 0 saturated carbocycles. The van der Waals surface area contributed by atoms with Crippen molar-refractivity contribution < 1.29 is 9.18 Å². The fourth-order valence-electron chi connectivity index (χ4n) is 2.36. The Kier molecular flexibility index (Phi) is 6.20. The summed E-state index contributed by atoms with van der Waals surface area (Å²) in [6.07, 6.45) is 2.31. The number of carbonyl (C=O) groups excluding carboxylic acids is 1. The highest BCUT2D eigenvalue weighted by atomic mass is 32.2. The van der Waals surface area contributed by atoms with Crippen LogP contribution in [0.5, 0.6) is 0 Å². The predicted octanol–water partition coefficient (Wildman–Crippen LogP) is 3.82. The first-order chi connectivity index (χ1) is 10.5. The maximum atomic E-state index is 13.0. The molecule has 1 heterocycles. The number of nitrogens with zero attached hydrogens (tertiary/aromatic N) is 1. The van der Waals surface area contributed by atoms with Crippen LogP contribution in [0.2, 0.25) is 0 Å². The molecule has 1 saturated heterocycles. The summed E-state index contributed by atoms with van der Waals surface area (Å²) in [5.74, 6) is 0.619. The van der Waals surface area contributed by atoms with E-state index in [-0.39, 0.29) is 17.5 Å². The van der Waals surface area contributed by atoms with Crippen LogP contribution in [0.15, 0.2) is 18.2 Å². The third-order valence-corrected chi connectivity index (χ3v) is 5.35. The van der Waals surface area contributed by atoms with Gasteiger partial charge in [-0.1, -0.05) is 30.9 Å². The van der Waals surface area contributed by atoms with Crippen molar-refractivity contribution in [2.45, 2.75) is 26.7 Å². The zero-order chi connectivity index (χ0) is 16.1. The summed E-state index contributed by atoms with van der Waals surface area (Å²) in [7, 11) is 0. The van der Waals surface area contributed by atoms with Gasteiger partial charge in [-0.05, 0) is 49.4 Å². The van der Waals surface area contributed by atoms with Gasteiger partial charge in [-0.2, -0.15) is 0 Å². The van der Waals surface area contributed by atoms with E-state index in [0.29, 0.717) is 11.3 Å². The first-order valence-electron chi connectivity index (χ1n) is 7.43. The highest BCUT2D eigenvalue weighted by molar-refractivity contribution is 8.23. The van der Waals surface area contributed by atoms with Crippen LogP contribution in [0.25, 0.3) is 0 Å². The van der Waals surface area contributed by atoms with Crippen molar-refractivity contribution in [3.8, 4) is 0 Å². The van der Waals surface area contributed by atoms with E-state index in [1.165, 1.54) is 23.9 Å². The van der Waals surface area contributed by atoms with Crippen molar-refractivity contribution >= 4 is 39.9 Å². The molecular weight excluding hydrogens is 319 g/mol. The van der Waals surface area contributed by atoms with Crippen LogP contribution in [0.3, 0.4) is 0 Å². The molecule has 0 radical (unpaired) electrons. The van der Waals surface area contributed by atoms with Gasteiger partial charge in [0.2, 0.25) is 5.91 Å². The maximum Gasteiger partial charge on any atom is 0.234 e. The van der Waals surface area contributed by atoms with Crippen LogP contribution in [-0.4, -0.2) is 34.0 Å². The number of thiocarbonyl (C=S) groups is 1. The van der Waals surface area contributed by atoms with E-state index in [0.717, 1.165) is 36.2 Å². The molecular formula is C16H21FN2OS2. The zero-order valence-electron chi connectivity index (χ0n) is 12.9. The number of hydrogen-bond acceptors (Lipinski definition) is 3. The van der Waals surface area contributed by atoms with Crippen molar-refractivity contribution in [1.29, 1.82) is 0 Å². The topological polar surface area (TPSA) is 32.3 Å². The Bertz CT molecular complexity index is 557. The van der Waals surface area contributed by atoms with E-state index in [1.807, 2.05) is 0 Å². The van der Waals surface area contributed by atoms with E-state index < -0.39 is 0 Å². The van der Waals surface area contributed by atoms with E-state index in [1.54, 1.807) is 13.0 Å². The van der Waals surface area contributed by atoms with Gasteiger partial charge in [0.25, 0.3) is 0 Å². The van der Waals surface area contributed by atoms with Crippen LogP contribution in [0.1, 0.15) is 25.3 Å². The quantitative estimate of drug-likeness (QED) is 0.848. The molecule has 0 bridgehead atoms. The molecule has 1 fully saturated rings. The third kappa shape index (κ3) is 4.95.